The average Bonchev–Trinajstić information content (AvgIpc) is 2.37. The van der Waals surface area contributed by atoms with Crippen LogP contribution in [0.25, 0.3) is 5.69 Å². The van der Waals surface area contributed by atoms with Crippen LogP contribution in [0.1, 0.15) is 5.56 Å². The van der Waals surface area contributed by atoms with Gasteiger partial charge in [0.05, 0.1) is 5.69 Å². The number of anilines is 1. The molecule has 0 saturated heterocycles. The third-order valence-electron chi connectivity index (χ3n) is 2.39. The highest BCUT2D eigenvalue weighted by Gasteiger charge is 2.27. The molecule has 2 N–H and O–H groups in total. The van der Waals surface area contributed by atoms with E-state index >= 15 is 0 Å². The van der Waals surface area contributed by atoms with Crippen LogP contribution in [-0.2, 0) is 0 Å². The zero-order valence-corrected chi connectivity index (χ0v) is 10.3. The number of benzene rings is 1. The minimum Gasteiger partial charge on any atom is -0.282 e. The van der Waals surface area contributed by atoms with E-state index in [0.29, 0.717) is 5.69 Å². The standard InChI is InChI=1S/C11H10F3N5O/c1-7-4-2-3-5-8(7)19-6-15-9(16-10(19)20)17-18-11(12,13)14/h2-6,18H,1H3,(H,16,17,20). The number of hydrazine groups is 1. The Morgan fingerprint density at radius 2 is 1.95 bits per heavy atom. The molecule has 0 amide bonds. The minimum atomic E-state index is -4.64. The van der Waals surface area contributed by atoms with Crippen LogP contribution < -0.4 is 16.5 Å². The maximum Gasteiger partial charge on any atom is 0.474 e. The topological polar surface area (TPSA) is 71.8 Å². The van der Waals surface area contributed by atoms with Crippen LogP contribution in [0, 0.1) is 6.92 Å². The summed E-state index contributed by atoms with van der Waals surface area (Å²) >= 11 is 0. The van der Waals surface area contributed by atoms with Crippen LogP contribution >= 0.6 is 0 Å². The number of aryl methyl sites for hydroxylation is 1. The summed E-state index contributed by atoms with van der Waals surface area (Å²) in [5.74, 6) is -0.461. The van der Waals surface area contributed by atoms with Crippen LogP contribution in [0.5, 0.6) is 0 Å². The number of aromatic nitrogens is 3. The molecule has 0 saturated carbocycles. The van der Waals surface area contributed by atoms with Crippen molar-refractivity contribution >= 4 is 5.95 Å². The second-order valence-corrected chi connectivity index (χ2v) is 3.87. The fraction of sp³-hybridized carbons (Fsp3) is 0.182. The Balaban J connectivity index is 2.27. The van der Waals surface area contributed by atoms with Crippen molar-refractivity contribution in [3.8, 4) is 5.69 Å². The van der Waals surface area contributed by atoms with Gasteiger partial charge in [0, 0.05) is 0 Å². The first-order valence-corrected chi connectivity index (χ1v) is 5.48. The van der Waals surface area contributed by atoms with Crippen molar-refractivity contribution in [3.05, 3.63) is 46.6 Å². The van der Waals surface area contributed by atoms with Gasteiger partial charge in [0.1, 0.15) is 6.33 Å². The number of hydrogen-bond acceptors (Lipinski definition) is 5. The van der Waals surface area contributed by atoms with Crippen molar-refractivity contribution in [3.63, 3.8) is 0 Å². The highest BCUT2D eigenvalue weighted by molar-refractivity contribution is 5.39. The monoisotopic (exact) mass is 285 g/mol. The summed E-state index contributed by atoms with van der Waals surface area (Å²) in [6, 6.07) is 7.00. The van der Waals surface area contributed by atoms with E-state index in [-0.39, 0.29) is 0 Å². The van der Waals surface area contributed by atoms with E-state index in [0.717, 1.165) is 21.9 Å². The second kappa shape index (κ2) is 5.29. The Labute approximate surface area is 111 Å². The van der Waals surface area contributed by atoms with Gasteiger partial charge in [0.2, 0.25) is 5.95 Å². The first kappa shape index (κ1) is 14.0. The van der Waals surface area contributed by atoms with Crippen LogP contribution in [0.3, 0.4) is 0 Å². The van der Waals surface area contributed by atoms with Gasteiger partial charge in [0.25, 0.3) is 0 Å². The Morgan fingerprint density at radius 1 is 1.25 bits per heavy atom. The molecule has 2 aromatic rings. The molecular formula is C11H10F3N5O. The third-order valence-corrected chi connectivity index (χ3v) is 2.39. The number of halogens is 3. The molecule has 0 fully saturated rings. The average molecular weight is 285 g/mol. The lowest BCUT2D eigenvalue weighted by atomic mass is 10.2. The molecule has 0 aliphatic heterocycles. The summed E-state index contributed by atoms with van der Waals surface area (Å²) < 4.78 is 36.9. The normalized spacial score (nSPS) is 11.4. The molecule has 6 nitrogen and oxygen atoms in total. The van der Waals surface area contributed by atoms with Gasteiger partial charge in [-0.2, -0.15) is 18.2 Å². The minimum absolute atomic E-state index is 0.461. The van der Waals surface area contributed by atoms with E-state index in [2.05, 4.69) is 9.97 Å². The summed E-state index contributed by atoms with van der Waals surface area (Å²) in [5, 5.41) is 0. The molecule has 2 rings (SSSR count). The number of para-hydroxylation sites is 1. The Bertz CT molecular complexity index is 668. The quantitative estimate of drug-likeness (QED) is 0.658. The molecule has 0 radical (unpaired) electrons. The van der Waals surface area contributed by atoms with E-state index in [1.807, 2.05) is 0 Å². The Morgan fingerprint density at radius 3 is 2.55 bits per heavy atom. The van der Waals surface area contributed by atoms with Crippen molar-refractivity contribution in [2.75, 3.05) is 5.43 Å². The van der Waals surface area contributed by atoms with Crippen molar-refractivity contribution in [2.45, 2.75) is 13.2 Å². The molecule has 1 aromatic heterocycles. The predicted molar refractivity (Wildman–Crippen MR) is 65.2 cm³/mol. The summed E-state index contributed by atoms with van der Waals surface area (Å²) in [6.07, 6.45) is -3.54. The zero-order chi connectivity index (χ0) is 14.8. The van der Waals surface area contributed by atoms with Crippen LogP contribution in [0.2, 0.25) is 0 Å². The zero-order valence-electron chi connectivity index (χ0n) is 10.3. The molecule has 1 aromatic carbocycles. The number of alkyl halides is 3. The van der Waals surface area contributed by atoms with Gasteiger partial charge in [0.15, 0.2) is 0 Å². The Hall–Kier alpha value is -2.42. The second-order valence-electron chi connectivity index (χ2n) is 3.87. The summed E-state index contributed by atoms with van der Waals surface area (Å²) in [5.41, 5.74) is 3.36. The lowest BCUT2D eigenvalue weighted by molar-refractivity contribution is -0.151. The van der Waals surface area contributed by atoms with Gasteiger partial charge in [-0.3, -0.25) is 9.99 Å². The van der Waals surface area contributed by atoms with Gasteiger partial charge in [-0.15, -0.1) is 5.43 Å². The molecule has 9 heteroatoms. The van der Waals surface area contributed by atoms with Crippen LogP contribution in [0.4, 0.5) is 19.1 Å². The SMILES string of the molecule is Cc1ccccc1-n1cnc(NNC(F)(F)F)nc1=O. The molecule has 106 valence electrons. The summed E-state index contributed by atoms with van der Waals surface area (Å²) in [6.45, 7) is 1.79. The van der Waals surface area contributed by atoms with E-state index in [4.69, 9.17) is 0 Å². The van der Waals surface area contributed by atoms with Crippen molar-refractivity contribution in [1.82, 2.24) is 20.0 Å². The number of rotatable bonds is 3. The number of nitrogens with zero attached hydrogens (tertiary/aromatic N) is 3. The largest absolute Gasteiger partial charge is 0.474 e. The third kappa shape index (κ3) is 3.32. The van der Waals surface area contributed by atoms with Gasteiger partial charge >= 0.3 is 12.0 Å². The maximum atomic E-state index is 11.9. The number of nitrogens with one attached hydrogen (secondary N) is 2. The molecule has 0 unspecified atom stereocenters. The van der Waals surface area contributed by atoms with Crippen molar-refractivity contribution in [2.24, 2.45) is 0 Å². The molecular weight excluding hydrogens is 275 g/mol. The molecule has 0 aliphatic rings. The van der Waals surface area contributed by atoms with Gasteiger partial charge in [-0.05, 0) is 18.6 Å². The molecule has 0 spiro atoms. The molecule has 0 aliphatic carbocycles. The van der Waals surface area contributed by atoms with Gasteiger partial charge < -0.3 is 0 Å². The smallest absolute Gasteiger partial charge is 0.282 e. The number of hydrogen-bond donors (Lipinski definition) is 2. The first-order chi connectivity index (χ1) is 9.37. The molecule has 0 bridgehead atoms. The predicted octanol–water partition coefficient (Wildman–Crippen LogP) is 1.37. The summed E-state index contributed by atoms with van der Waals surface area (Å²) in [4.78, 5) is 18.8. The van der Waals surface area contributed by atoms with Gasteiger partial charge in [-0.25, -0.2) is 9.78 Å². The van der Waals surface area contributed by atoms with Crippen molar-refractivity contribution < 1.29 is 13.2 Å². The lowest BCUT2D eigenvalue weighted by Gasteiger charge is -2.11. The fourth-order valence-corrected chi connectivity index (χ4v) is 1.52. The molecule has 0 atom stereocenters. The first-order valence-electron chi connectivity index (χ1n) is 5.48. The van der Waals surface area contributed by atoms with Crippen molar-refractivity contribution in [1.29, 1.82) is 0 Å². The van der Waals surface area contributed by atoms with Crippen LogP contribution in [-0.4, -0.2) is 20.8 Å². The van der Waals surface area contributed by atoms with E-state index in [1.165, 1.54) is 0 Å². The summed E-state index contributed by atoms with van der Waals surface area (Å²) in [7, 11) is 0. The van der Waals surface area contributed by atoms with Gasteiger partial charge in [-0.1, -0.05) is 18.2 Å². The van der Waals surface area contributed by atoms with E-state index in [1.54, 1.807) is 36.6 Å². The van der Waals surface area contributed by atoms with E-state index in [9.17, 15) is 18.0 Å². The highest BCUT2D eigenvalue weighted by atomic mass is 19.4. The fourth-order valence-electron chi connectivity index (χ4n) is 1.52. The van der Waals surface area contributed by atoms with Crippen LogP contribution in [0.15, 0.2) is 35.4 Å². The highest BCUT2D eigenvalue weighted by Crippen LogP contribution is 2.11. The van der Waals surface area contributed by atoms with E-state index < -0.39 is 17.9 Å². The maximum absolute atomic E-state index is 11.9. The molecule has 1 heterocycles. The lowest BCUT2D eigenvalue weighted by Crippen LogP contribution is -2.38. The Kier molecular flexibility index (Phi) is 3.70. The molecule has 20 heavy (non-hydrogen) atoms.